The van der Waals surface area contributed by atoms with Gasteiger partial charge < -0.3 is 4.42 Å². The summed E-state index contributed by atoms with van der Waals surface area (Å²) in [5.41, 5.74) is 4.70. The maximum absolute atomic E-state index is 14.5. The second-order valence-corrected chi connectivity index (χ2v) is 19.6. The van der Waals surface area contributed by atoms with Crippen molar-refractivity contribution in [2.75, 3.05) is 26.2 Å². The van der Waals surface area contributed by atoms with Gasteiger partial charge in [-0.05, 0) is 80.4 Å². The lowest BCUT2D eigenvalue weighted by Crippen LogP contribution is -2.44. The minimum atomic E-state index is -4.27. The van der Waals surface area contributed by atoms with Gasteiger partial charge in [-0.25, -0.2) is 25.3 Å². The fraction of sp³-hybridized carbons (Fsp3) is 0.220. The van der Waals surface area contributed by atoms with Crippen LogP contribution < -0.4 is 0 Å². The molecule has 290 valence electrons. The van der Waals surface area contributed by atoms with Crippen molar-refractivity contribution in [2.45, 2.75) is 48.5 Å². The molecule has 0 spiro atoms. The van der Waals surface area contributed by atoms with E-state index in [-0.39, 0.29) is 65.7 Å². The van der Waals surface area contributed by atoms with Crippen LogP contribution in [0, 0.1) is 20.8 Å². The molecule has 7 rings (SSSR count). The molecule has 0 aliphatic carbocycles. The second kappa shape index (κ2) is 15.8. The molecule has 0 saturated heterocycles. The lowest BCUT2D eigenvalue weighted by Gasteiger charge is -2.30. The molecular weight excluding hydrogens is 771 g/mol. The fourth-order valence-corrected chi connectivity index (χ4v) is 10.7. The number of nitrogens with zero attached hydrogens (tertiary/aromatic N) is 5. The normalized spacial score (nSPS) is 15.6. The third kappa shape index (κ3) is 8.10. The zero-order valence-electron chi connectivity index (χ0n) is 31.1. The number of fused-ring (bicyclic) bond motifs is 6. The van der Waals surface area contributed by atoms with Crippen molar-refractivity contribution in [1.82, 2.24) is 23.1 Å². The molecule has 2 bridgehead atoms. The van der Waals surface area contributed by atoms with Gasteiger partial charge in [-0.1, -0.05) is 89.5 Å². The first kappa shape index (κ1) is 39.2. The number of hydrogen-bond donors (Lipinski definition) is 0. The van der Waals surface area contributed by atoms with Crippen molar-refractivity contribution in [3.05, 3.63) is 149 Å². The van der Waals surface area contributed by atoms with Crippen molar-refractivity contribution in [3.8, 4) is 22.9 Å². The van der Waals surface area contributed by atoms with E-state index < -0.39 is 30.1 Å². The SMILES string of the molecule is Cc1ccc(S(=O)(=O)N2CCN(S(=O)(=O)c3ccc(C)cc3)Cc3ccccc3-c3nnc(o3)-c3ccccc3CN(S(=O)(=O)c3ccc(C)cc3)CC2)cc1. The molecule has 15 heteroatoms. The van der Waals surface area contributed by atoms with Gasteiger partial charge in [0.2, 0.25) is 41.9 Å². The minimum absolute atomic E-state index is 0.00109. The van der Waals surface area contributed by atoms with Crippen LogP contribution in [0.3, 0.4) is 0 Å². The Hall–Kier alpha value is -5.03. The Morgan fingerprint density at radius 2 is 0.732 bits per heavy atom. The molecule has 1 aromatic heterocycles. The Labute approximate surface area is 328 Å². The molecule has 5 aromatic carbocycles. The fourth-order valence-electron chi connectivity index (χ4n) is 6.50. The largest absolute Gasteiger partial charge is 0.416 e. The average Bonchev–Trinajstić information content (AvgIpc) is 3.67. The van der Waals surface area contributed by atoms with Gasteiger partial charge in [-0.2, -0.15) is 12.9 Å². The van der Waals surface area contributed by atoms with Gasteiger partial charge in [0.25, 0.3) is 0 Å². The van der Waals surface area contributed by atoms with E-state index in [1.165, 1.54) is 45.0 Å². The first-order valence-corrected chi connectivity index (χ1v) is 22.3. The highest BCUT2D eigenvalue weighted by molar-refractivity contribution is 7.89. The maximum atomic E-state index is 14.5. The molecule has 0 unspecified atom stereocenters. The lowest BCUT2D eigenvalue weighted by atomic mass is 10.1. The van der Waals surface area contributed by atoms with Crippen LogP contribution in [0.4, 0.5) is 0 Å². The number of sulfonamides is 3. The average molecular weight is 812 g/mol. The van der Waals surface area contributed by atoms with E-state index in [1.54, 1.807) is 84.9 Å². The summed E-state index contributed by atoms with van der Waals surface area (Å²) < 4.78 is 96.7. The number of hydrogen-bond acceptors (Lipinski definition) is 9. The van der Waals surface area contributed by atoms with Crippen LogP contribution in [0.1, 0.15) is 27.8 Å². The second-order valence-electron chi connectivity index (χ2n) is 13.7. The highest BCUT2D eigenvalue weighted by Crippen LogP contribution is 2.32. The third-order valence-corrected chi connectivity index (χ3v) is 15.4. The van der Waals surface area contributed by atoms with Gasteiger partial charge in [0.1, 0.15) is 0 Å². The lowest BCUT2D eigenvalue weighted by molar-refractivity contribution is 0.311. The summed E-state index contributed by atoms with van der Waals surface area (Å²) in [6.07, 6.45) is 0. The molecule has 0 radical (unpaired) electrons. The predicted octanol–water partition coefficient (Wildman–Crippen LogP) is 6.42. The van der Waals surface area contributed by atoms with Crippen molar-refractivity contribution in [2.24, 2.45) is 0 Å². The van der Waals surface area contributed by atoms with Crippen molar-refractivity contribution >= 4 is 30.1 Å². The van der Waals surface area contributed by atoms with Crippen molar-refractivity contribution in [3.63, 3.8) is 0 Å². The molecule has 2 heterocycles. The molecule has 1 aliphatic heterocycles. The minimum Gasteiger partial charge on any atom is -0.416 e. The Balaban J connectivity index is 1.40. The summed E-state index contributed by atoms with van der Waals surface area (Å²) in [5, 5.41) is 8.69. The number of aromatic nitrogens is 2. The van der Waals surface area contributed by atoms with E-state index in [4.69, 9.17) is 4.42 Å². The molecule has 56 heavy (non-hydrogen) atoms. The Bertz CT molecular complexity index is 2540. The van der Waals surface area contributed by atoms with Gasteiger partial charge in [0.15, 0.2) is 0 Å². The molecule has 12 nitrogen and oxygen atoms in total. The molecule has 0 N–H and O–H groups in total. The molecule has 0 atom stereocenters. The molecule has 0 amide bonds. The smallest absolute Gasteiger partial charge is 0.248 e. The quantitative estimate of drug-likeness (QED) is 0.186. The topological polar surface area (TPSA) is 151 Å². The zero-order chi connectivity index (χ0) is 39.7. The summed E-state index contributed by atoms with van der Waals surface area (Å²) >= 11 is 0. The van der Waals surface area contributed by atoms with Crippen LogP contribution in [0.25, 0.3) is 22.9 Å². The summed E-state index contributed by atoms with van der Waals surface area (Å²) in [6, 6.07) is 33.4. The highest BCUT2D eigenvalue weighted by atomic mass is 32.2. The Kier molecular flexibility index (Phi) is 11.1. The predicted molar refractivity (Wildman–Crippen MR) is 213 cm³/mol. The van der Waals surface area contributed by atoms with Crippen LogP contribution in [0.15, 0.2) is 140 Å². The van der Waals surface area contributed by atoms with Crippen molar-refractivity contribution in [1.29, 1.82) is 0 Å². The summed E-state index contributed by atoms with van der Waals surface area (Å²) in [4.78, 5) is 0.0729. The van der Waals surface area contributed by atoms with E-state index in [9.17, 15) is 25.3 Å². The standard InChI is InChI=1S/C41H41N5O7S3/c1-30-12-18-35(19-13-30)54(47,48)44-24-26-45(55(49,50)36-20-14-31(2)15-21-36)28-33-8-4-6-10-38(33)40-42-43-41(53-40)39-11-7-5-9-34(39)29-46(27-25-44)56(51,52)37-22-16-32(3)17-23-37/h4-23H,24-29H2,1-3H3. The molecule has 0 saturated carbocycles. The third-order valence-electron chi connectivity index (χ3n) is 9.79. The Morgan fingerprint density at radius 3 is 1.09 bits per heavy atom. The van der Waals surface area contributed by atoms with Gasteiger partial charge in [0.05, 0.1) is 14.7 Å². The summed E-state index contributed by atoms with van der Waals surface area (Å²) in [6.45, 7) is 4.12. The van der Waals surface area contributed by atoms with Gasteiger partial charge >= 0.3 is 0 Å². The van der Waals surface area contributed by atoms with Crippen molar-refractivity contribution < 1.29 is 29.7 Å². The van der Waals surface area contributed by atoms with Gasteiger partial charge in [-0.15, -0.1) is 10.2 Å². The maximum Gasteiger partial charge on any atom is 0.248 e. The van der Waals surface area contributed by atoms with E-state index in [1.807, 2.05) is 20.8 Å². The number of rotatable bonds is 6. The van der Waals surface area contributed by atoms with Crippen LogP contribution in [0.5, 0.6) is 0 Å². The first-order chi connectivity index (χ1) is 26.7. The molecule has 0 fully saturated rings. The molecule has 1 aliphatic rings. The monoisotopic (exact) mass is 811 g/mol. The molecule has 6 aromatic rings. The van der Waals surface area contributed by atoms with E-state index in [0.717, 1.165) is 21.0 Å². The van der Waals surface area contributed by atoms with Gasteiger partial charge in [0, 0.05) is 50.4 Å². The van der Waals surface area contributed by atoms with E-state index >= 15 is 0 Å². The van der Waals surface area contributed by atoms with E-state index in [2.05, 4.69) is 10.2 Å². The molecular formula is C41H41N5O7S3. The zero-order valence-corrected chi connectivity index (χ0v) is 33.6. The van der Waals surface area contributed by atoms with Crippen LogP contribution >= 0.6 is 0 Å². The summed E-state index contributed by atoms with van der Waals surface area (Å²) in [7, 11) is -12.7. The number of benzene rings is 5. The van der Waals surface area contributed by atoms with Gasteiger partial charge in [-0.3, -0.25) is 0 Å². The van der Waals surface area contributed by atoms with E-state index in [0.29, 0.717) is 22.3 Å². The Morgan fingerprint density at radius 1 is 0.429 bits per heavy atom. The first-order valence-electron chi connectivity index (χ1n) is 17.9. The van der Waals surface area contributed by atoms with Crippen LogP contribution in [-0.2, 0) is 43.2 Å². The van der Waals surface area contributed by atoms with Crippen LogP contribution in [0.2, 0.25) is 0 Å². The number of aryl methyl sites for hydroxylation is 3. The highest BCUT2D eigenvalue weighted by Gasteiger charge is 2.33. The van der Waals surface area contributed by atoms with Crippen LogP contribution in [-0.4, -0.2) is 74.5 Å². The summed E-state index contributed by atoms with van der Waals surface area (Å²) in [5.74, 6) is 0.274.